The van der Waals surface area contributed by atoms with Crippen molar-refractivity contribution in [2.24, 2.45) is 0 Å². The van der Waals surface area contributed by atoms with E-state index < -0.39 is 0 Å². The number of hydrogen-bond acceptors (Lipinski definition) is 0. The first-order chi connectivity index (χ1) is 4.91. The third-order valence-corrected chi connectivity index (χ3v) is 1.96. The quantitative estimate of drug-likeness (QED) is 0.321. The van der Waals surface area contributed by atoms with Gasteiger partial charge in [-0.1, -0.05) is 65.2 Å². The molecule has 0 aliphatic heterocycles. The van der Waals surface area contributed by atoms with Gasteiger partial charge in [0.15, 0.2) is 0 Å². The fourth-order valence-electron chi connectivity index (χ4n) is 1.21. The molecular weight excluding hydrogens is 310 g/mol. The molecule has 0 aromatic carbocycles. The number of rotatable bonds is 7. The van der Waals surface area contributed by atoms with Gasteiger partial charge in [0.2, 0.25) is 0 Å². The Labute approximate surface area is 136 Å². The Balaban J connectivity index is -0.0000000405. The number of hydrogen-bond donors (Lipinski definition) is 0. The van der Waals surface area contributed by atoms with Gasteiger partial charge in [0.1, 0.15) is 0 Å². The molecule has 0 aliphatic rings. The number of unbranched alkanes of at least 4 members (excludes halogenated alkanes) is 7. The minimum absolute atomic E-state index is 0. The van der Waals surface area contributed by atoms with Crippen molar-refractivity contribution in [3.8, 4) is 0 Å². The van der Waals surface area contributed by atoms with Crippen molar-refractivity contribution >= 4 is 0 Å². The van der Waals surface area contributed by atoms with E-state index in [-0.39, 0.29) is 71.3 Å². The van der Waals surface area contributed by atoms with Crippen LogP contribution in [-0.4, -0.2) is 0 Å². The van der Waals surface area contributed by atoms with Gasteiger partial charge in [-0.15, -0.1) is 0 Å². The first kappa shape index (κ1) is 36.0. The van der Waals surface area contributed by atoms with Gasteiger partial charge in [-0.05, 0) is 0 Å². The van der Waals surface area contributed by atoms with Gasteiger partial charge >= 0.3 is 21.7 Å². The normalized spacial score (nSPS) is 6.80. The van der Waals surface area contributed by atoms with Crippen LogP contribution in [-0.2, 0) is 21.7 Å². The summed E-state index contributed by atoms with van der Waals surface area (Å²) in [5, 5.41) is 0. The minimum atomic E-state index is 0. The van der Waals surface area contributed by atoms with E-state index in [0.29, 0.717) is 0 Å². The summed E-state index contributed by atoms with van der Waals surface area (Å²) in [6.45, 7) is 4.54. The van der Waals surface area contributed by atoms with Gasteiger partial charge in [0.25, 0.3) is 0 Å². The second-order valence-electron chi connectivity index (χ2n) is 3.12. The van der Waals surface area contributed by atoms with Crippen LogP contribution in [0.4, 0.5) is 0 Å². The van der Waals surface area contributed by atoms with Crippen LogP contribution >= 0.6 is 0 Å². The fourth-order valence-corrected chi connectivity index (χ4v) is 1.21. The van der Waals surface area contributed by atoms with Crippen molar-refractivity contribution in [1.29, 1.82) is 0 Å². The molecule has 0 bridgehead atoms. The molecule has 94 valence electrons. The molecule has 0 spiro atoms. The van der Waals surface area contributed by atoms with Crippen molar-refractivity contribution in [3.63, 3.8) is 0 Å². The largest absolute Gasteiger partial charge is 4.00 e. The van der Waals surface area contributed by atoms with Gasteiger partial charge in [-0.2, -0.15) is 0 Å². The molecule has 15 heavy (non-hydrogen) atoms. The molecule has 0 atom stereocenters. The van der Waals surface area contributed by atoms with E-state index in [1.165, 1.54) is 51.4 Å². The van der Waals surface area contributed by atoms with Gasteiger partial charge in [-0.25, -0.2) is 0 Å². The van der Waals surface area contributed by atoms with E-state index in [9.17, 15) is 0 Å². The van der Waals surface area contributed by atoms with E-state index >= 15 is 0 Å². The van der Waals surface area contributed by atoms with Crippen molar-refractivity contribution in [2.45, 2.75) is 65.2 Å². The topological polar surface area (TPSA) is 0 Å². The molecule has 0 amide bonds. The Morgan fingerprint density at radius 2 is 0.667 bits per heavy atom. The van der Waals surface area contributed by atoms with Crippen LogP contribution in [0.2, 0.25) is 0 Å². The van der Waals surface area contributed by atoms with Crippen molar-refractivity contribution in [3.05, 3.63) is 0 Å². The molecule has 0 radical (unpaired) electrons. The summed E-state index contributed by atoms with van der Waals surface area (Å²) in [7, 11) is 0. The van der Waals surface area contributed by atoms with Crippen molar-refractivity contribution < 1.29 is 71.3 Å². The molecule has 0 N–H and O–H groups in total. The Morgan fingerprint density at radius 1 is 0.467 bits per heavy atom. The SMILES string of the molecule is CCCCCCCCCC.[Cl-].[Cl-].[Cl-].[Cl-].[Ti+4]. The molecule has 0 saturated heterocycles. The first-order valence-electron chi connectivity index (χ1n) is 4.91. The van der Waals surface area contributed by atoms with Gasteiger partial charge in [-0.3, -0.25) is 0 Å². The molecule has 0 nitrogen and oxygen atoms in total. The molecule has 0 aliphatic carbocycles. The van der Waals surface area contributed by atoms with Crippen LogP contribution in [0.15, 0.2) is 0 Å². The van der Waals surface area contributed by atoms with E-state index in [0.717, 1.165) is 0 Å². The summed E-state index contributed by atoms with van der Waals surface area (Å²) in [5.41, 5.74) is 0. The average molecular weight is 332 g/mol. The van der Waals surface area contributed by atoms with Gasteiger partial charge in [0, 0.05) is 0 Å². The second kappa shape index (κ2) is 36.0. The maximum absolute atomic E-state index is 2.27. The smallest absolute Gasteiger partial charge is 1.00 e. The zero-order chi connectivity index (χ0) is 7.66. The molecular formula is C10H22Cl4Ti. The van der Waals surface area contributed by atoms with Crippen LogP contribution in [0.1, 0.15) is 65.2 Å². The van der Waals surface area contributed by atoms with Gasteiger partial charge < -0.3 is 49.6 Å². The molecule has 0 unspecified atom stereocenters. The molecule has 0 aromatic rings. The summed E-state index contributed by atoms with van der Waals surface area (Å²) < 4.78 is 0. The molecule has 0 saturated carbocycles. The summed E-state index contributed by atoms with van der Waals surface area (Å²) in [4.78, 5) is 0. The zero-order valence-electron chi connectivity index (χ0n) is 9.67. The summed E-state index contributed by atoms with van der Waals surface area (Å²) in [6.07, 6.45) is 11.5. The van der Waals surface area contributed by atoms with E-state index in [1.54, 1.807) is 0 Å². The second-order valence-corrected chi connectivity index (χ2v) is 3.12. The molecule has 0 rings (SSSR count). The maximum atomic E-state index is 2.27. The monoisotopic (exact) mass is 330 g/mol. The third kappa shape index (κ3) is 38.8. The number of halogens is 4. The molecule has 0 heterocycles. The predicted octanol–water partition coefficient (Wildman–Crippen LogP) is -7.84. The molecule has 0 aromatic heterocycles. The van der Waals surface area contributed by atoms with Crippen molar-refractivity contribution in [1.82, 2.24) is 0 Å². The van der Waals surface area contributed by atoms with Crippen LogP contribution in [0.3, 0.4) is 0 Å². The third-order valence-electron chi connectivity index (χ3n) is 1.96. The molecule has 5 heteroatoms. The van der Waals surface area contributed by atoms with E-state index in [1.807, 2.05) is 0 Å². The predicted molar refractivity (Wildman–Crippen MR) is 48.3 cm³/mol. The van der Waals surface area contributed by atoms with Gasteiger partial charge in [0.05, 0.1) is 0 Å². The Bertz CT molecular complexity index is 57.4. The van der Waals surface area contributed by atoms with Crippen LogP contribution in [0, 0.1) is 0 Å². The van der Waals surface area contributed by atoms with Crippen molar-refractivity contribution in [2.75, 3.05) is 0 Å². The molecule has 0 fully saturated rings. The van der Waals surface area contributed by atoms with Crippen LogP contribution in [0.5, 0.6) is 0 Å². The Morgan fingerprint density at radius 3 is 0.867 bits per heavy atom. The van der Waals surface area contributed by atoms with E-state index in [2.05, 4.69) is 13.8 Å². The van der Waals surface area contributed by atoms with Crippen LogP contribution in [0.25, 0.3) is 0 Å². The fraction of sp³-hybridized carbons (Fsp3) is 1.00. The first-order valence-corrected chi connectivity index (χ1v) is 4.91. The summed E-state index contributed by atoms with van der Waals surface area (Å²) in [5.74, 6) is 0. The maximum Gasteiger partial charge on any atom is 4.00 e. The standard InChI is InChI=1S/C10H22.4ClH.Ti/c1-3-5-7-9-10-8-6-4-2;;;;;/h3-10H2,1-2H3;4*1H;/q;;;;;+4/p-4. The van der Waals surface area contributed by atoms with E-state index in [4.69, 9.17) is 0 Å². The Hall–Kier alpha value is 1.87. The zero-order valence-corrected chi connectivity index (χ0v) is 14.3. The minimum Gasteiger partial charge on any atom is -1.00 e. The Kier molecular flexibility index (Phi) is 86.4. The van der Waals surface area contributed by atoms with Crippen LogP contribution < -0.4 is 49.6 Å². The average Bonchev–Trinajstić information content (AvgIpc) is 1.97. The summed E-state index contributed by atoms with van der Waals surface area (Å²) in [6, 6.07) is 0. The summed E-state index contributed by atoms with van der Waals surface area (Å²) >= 11 is 0.